The Labute approximate surface area is 292 Å². The normalized spacial score (nSPS) is 32.3. The molecule has 0 aromatic heterocycles. The third-order valence-corrected chi connectivity index (χ3v) is 11.2. The fourth-order valence-electron chi connectivity index (χ4n) is 7.89. The van der Waals surface area contributed by atoms with Gasteiger partial charge in [0.25, 0.3) is 5.91 Å². The van der Waals surface area contributed by atoms with Gasteiger partial charge in [0.1, 0.15) is 23.7 Å². The minimum absolute atomic E-state index is 0.100. The van der Waals surface area contributed by atoms with Crippen LogP contribution in [0.15, 0.2) is 78.9 Å². The second-order valence-electron chi connectivity index (χ2n) is 13.5. The van der Waals surface area contributed by atoms with Crippen molar-refractivity contribution in [1.29, 1.82) is 0 Å². The molecule has 0 bridgehead atoms. The number of rotatable bonds is 6. The molecule has 9 atom stereocenters. The predicted octanol–water partition coefficient (Wildman–Crippen LogP) is 4.71. The van der Waals surface area contributed by atoms with Crippen molar-refractivity contribution in [2.24, 2.45) is 17.8 Å². The highest BCUT2D eigenvalue weighted by molar-refractivity contribution is 6.34. The Morgan fingerprint density at radius 2 is 1.73 bits per heavy atom. The minimum atomic E-state index is -1.55. The number of allylic oxidation sites excluding steroid dienone is 1. The number of ether oxygens (including phenoxy) is 2. The van der Waals surface area contributed by atoms with E-state index in [0.29, 0.717) is 29.1 Å². The van der Waals surface area contributed by atoms with Crippen LogP contribution in [0.25, 0.3) is 0 Å². The number of cyclic esters (lactones) is 1. The van der Waals surface area contributed by atoms with Crippen LogP contribution in [0.4, 0.5) is 5.69 Å². The molecule has 4 aliphatic rings. The third-order valence-electron chi connectivity index (χ3n) is 10.9. The zero-order valence-electron chi connectivity index (χ0n) is 28.3. The van der Waals surface area contributed by atoms with Gasteiger partial charge in [0.2, 0.25) is 11.8 Å². The van der Waals surface area contributed by atoms with E-state index in [9.17, 15) is 24.3 Å². The van der Waals surface area contributed by atoms with Gasteiger partial charge in [-0.2, -0.15) is 0 Å². The number of halogens is 1. The fourth-order valence-corrected chi connectivity index (χ4v) is 8.12. The Morgan fingerprint density at radius 1 is 1.02 bits per heavy atom. The second-order valence-corrected chi connectivity index (χ2v) is 13.9. The summed E-state index contributed by atoms with van der Waals surface area (Å²) in [6.45, 7) is 5.50. The van der Waals surface area contributed by atoms with E-state index in [2.05, 4.69) is 0 Å². The van der Waals surface area contributed by atoms with Gasteiger partial charge in [-0.3, -0.25) is 19.2 Å². The van der Waals surface area contributed by atoms with Crippen molar-refractivity contribution < 1.29 is 33.8 Å². The molecule has 10 nitrogen and oxygen atoms in total. The molecule has 2 fully saturated rings. The topological polar surface area (TPSA) is 117 Å². The molecular weight excluding hydrogens is 646 g/mol. The largest absolute Gasteiger partial charge is 0.455 e. The Hall–Kier alpha value is -3.99. The summed E-state index contributed by atoms with van der Waals surface area (Å²) in [7, 11) is 1.70. The van der Waals surface area contributed by atoms with Gasteiger partial charge >= 0.3 is 5.97 Å². The number of carbonyl (C=O) groups excluding carboxylic acids is 4. The number of aliphatic hydroxyl groups excluding tert-OH is 1. The van der Waals surface area contributed by atoms with E-state index >= 15 is 0 Å². The van der Waals surface area contributed by atoms with Crippen LogP contribution in [0.1, 0.15) is 51.7 Å². The van der Waals surface area contributed by atoms with Crippen LogP contribution >= 0.6 is 11.6 Å². The second kappa shape index (κ2) is 14.1. The molecule has 260 valence electrons. The van der Waals surface area contributed by atoms with Crippen molar-refractivity contribution in [2.75, 3.05) is 25.1 Å². The first-order valence-corrected chi connectivity index (χ1v) is 17.5. The highest BCUT2D eigenvalue weighted by atomic mass is 35.5. The molecule has 4 aliphatic heterocycles. The summed E-state index contributed by atoms with van der Waals surface area (Å²) < 4.78 is 13.2. The number of likely N-dealkylation sites (N-methyl/N-ethyl adjacent to an activating group) is 1. The monoisotopic (exact) mass is 689 g/mol. The van der Waals surface area contributed by atoms with Crippen LogP contribution in [0.2, 0.25) is 5.02 Å². The lowest BCUT2D eigenvalue weighted by Crippen LogP contribution is -2.59. The molecule has 6 rings (SSSR count). The van der Waals surface area contributed by atoms with Gasteiger partial charge in [0.15, 0.2) is 0 Å². The highest BCUT2D eigenvalue weighted by Gasteiger charge is 2.73. The van der Waals surface area contributed by atoms with Crippen molar-refractivity contribution in [3.63, 3.8) is 0 Å². The summed E-state index contributed by atoms with van der Waals surface area (Å²) in [5.41, 5.74) is -0.368. The van der Waals surface area contributed by atoms with Crippen LogP contribution in [-0.2, 0) is 28.7 Å². The average Bonchev–Trinajstić information content (AvgIpc) is 3.49. The van der Waals surface area contributed by atoms with Gasteiger partial charge in [-0.25, -0.2) is 0 Å². The number of para-hydroxylation sites is 1. The lowest BCUT2D eigenvalue weighted by atomic mass is 9.77. The Bertz CT molecular complexity index is 1650. The van der Waals surface area contributed by atoms with Gasteiger partial charge < -0.3 is 29.3 Å². The number of hydrogen-bond acceptors (Lipinski definition) is 7. The standard InChI is InChI=1S/C38H44ClN3O7/c1-5-23(2)28(22-43)42-34-36(46)41(27-17-10-9-16-26(27)39)21-13-20-38(34)32(35(42)45)31-29(49-38)18-11-12-19-30(44)40(4)24(3)33(48-37(31)47)25-14-7-6-8-15-25/h6-11,13-18,20,23-24,28-29,31-34,43H,5,12,19,21-22H2,1-4H3/b18-11-/t23-,24+,28-,29+,31-,32-,33-,34+,38-/m0/s1. The predicted molar refractivity (Wildman–Crippen MR) is 184 cm³/mol. The van der Waals surface area contributed by atoms with E-state index in [-0.39, 0.29) is 31.4 Å². The van der Waals surface area contributed by atoms with Gasteiger partial charge in [0.05, 0.1) is 41.4 Å². The van der Waals surface area contributed by atoms with Gasteiger partial charge in [-0.1, -0.05) is 98.6 Å². The number of nitrogens with zero attached hydrogens (tertiary/aromatic N) is 3. The molecule has 3 amide bonds. The molecule has 0 radical (unpaired) electrons. The smallest absolute Gasteiger partial charge is 0.313 e. The number of aliphatic hydroxyl groups is 1. The third kappa shape index (κ3) is 5.98. The number of carbonyl (C=O) groups is 4. The summed E-state index contributed by atoms with van der Waals surface area (Å²) >= 11 is 6.60. The van der Waals surface area contributed by atoms with Crippen LogP contribution in [0, 0.1) is 17.8 Å². The minimum Gasteiger partial charge on any atom is -0.455 e. The SMILES string of the molecule is CC[C@H](C)[C@H](CO)N1C(=O)[C@@H]2[C@H]3C(=O)O[C@H](c4ccccc4)[C@@H](C)N(C)C(=O)CC/C=C\[C@H]3O[C@@]23C=CCN(c2ccccc2Cl)C(=O)[C@@H]13. The molecule has 4 heterocycles. The van der Waals surface area contributed by atoms with E-state index in [1.54, 1.807) is 60.5 Å². The average molecular weight is 690 g/mol. The zero-order valence-corrected chi connectivity index (χ0v) is 29.0. The van der Waals surface area contributed by atoms with Gasteiger partial charge in [0, 0.05) is 20.0 Å². The summed E-state index contributed by atoms with van der Waals surface area (Å²) in [6.07, 6.45) is 6.55. The van der Waals surface area contributed by atoms with Gasteiger partial charge in [-0.05, 0) is 37.0 Å². The van der Waals surface area contributed by atoms with Crippen molar-refractivity contribution in [3.05, 3.63) is 89.5 Å². The van der Waals surface area contributed by atoms with Crippen LogP contribution in [0.3, 0.4) is 0 Å². The summed E-state index contributed by atoms with van der Waals surface area (Å²) in [4.78, 5) is 62.2. The number of esters is 1. The summed E-state index contributed by atoms with van der Waals surface area (Å²) in [5, 5.41) is 11.1. The maximum absolute atomic E-state index is 14.9. The Balaban J connectivity index is 1.49. The number of amides is 3. The molecule has 2 aromatic carbocycles. The molecule has 11 heteroatoms. The van der Waals surface area contributed by atoms with Crippen LogP contribution in [-0.4, -0.2) is 88.6 Å². The molecule has 0 aliphatic carbocycles. The van der Waals surface area contributed by atoms with E-state index in [0.717, 1.165) is 0 Å². The molecule has 49 heavy (non-hydrogen) atoms. The number of likely N-dealkylation sites (tertiary alicyclic amines) is 1. The van der Waals surface area contributed by atoms with E-state index in [1.165, 1.54) is 9.80 Å². The quantitative estimate of drug-likeness (QED) is 0.345. The van der Waals surface area contributed by atoms with Crippen LogP contribution < -0.4 is 4.90 Å². The maximum Gasteiger partial charge on any atom is 0.313 e. The molecule has 0 unspecified atom stereocenters. The van der Waals surface area contributed by atoms with Crippen molar-refractivity contribution in [2.45, 2.75) is 76.0 Å². The van der Waals surface area contributed by atoms with Crippen LogP contribution in [0.5, 0.6) is 0 Å². The number of fused-ring (bicyclic) bond motifs is 2. The lowest BCUT2D eigenvalue weighted by Gasteiger charge is -2.40. The number of hydrogen-bond donors (Lipinski definition) is 1. The first kappa shape index (κ1) is 34.9. The van der Waals surface area contributed by atoms with Crippen molar-refractivity contribution >= 4 is 41.0 Å². The van der Waals surface area contributed by atoms with Gasteiger partial charge in [-0.15, -0.1) is 0 Å². The summed E-state index contributed by atoms with van der Waals surface area (Å²) in [5.74, 6) is -4.05. The number of benzene rings is 2. The summed E-state index contributed by atoms with van der Waals surface area (Å²) in [6, 6.07) is 13.8. The first-order chi connectivity index (χ1) is 23.5. The molecule has 2 saturated heterocycles. The molecule has 2 aromatic rings. The molecule has 1 N–H and O–H groups in total. The van der Waals surface area contributed by atoms with E-state index in [1.807, 2.05) is 51.1 Å². The molecular formula is C38H44ClN3O7. The van der Waals surface area contributed by atoms with E-state index < -0.39 is 65.6 Å². The van der Waals surface area contributed by atoms with E-state index in [4.69, 9.17) is 21.1 Å². The number of anilines is 1. The molecule has 0 saturated carbocycles. The fraction of sp³-hybridized carbons (Fsp3) is 0.474. The lowest BCUT2D eigenvalue weighted by molar-refractivity contribution is -0.164. The van der Waals surface area contributed by atoms with Crippen molar-refractivity contribution in [1.82, 2.24) is 9.80 Å². The first-order valence-electron chi connectivity index (χ1n) is 17.1. The van der Waals surface area contributed by atoms with Crippen molar-refractivity contribution in [3.8, 4) is 0 Å². The maximum atomic E-state index is 14.9. The zero-order chi connectivity index (χ0) is 35.0. The highest BCUT2D eigenvalue weighted by Crippen LogP contribution is 2.54. The Morgan fingerprint density at radius 3 is 2.43 bits per heavy atom. The Kier molecular flexibility index (Phi) is 10.0. The molecule has 1 spiro atoms.